The Labute approximate surface area is 151 Å². The molecule has 28 heavy (non-hydrogen) atoms. The molecule has 2 aliphatic rings. The number of nitrogens with one attached hydrogen (secondary N) is 1. The van der Waals surface area contributed by atoms with E-state index in [2.05, 4.69) is 4.74 Å². The molecule has 3 rings (SSSR count). The van der Waals surface area contributed by atoms with E-state index in [-0.39, 0.29) is 37.6 Å². The smallest absolute Gasteiger partial charge is 0.414 e. The number of esters is 1. The molecule has 2 saturated heterocycles. The zero-order valence-electron chi connectivity index (χ0n) is 13.6. The molecule has 0 radical (unpaired) electrons. The Bertz CT molecular complexity index is 755. The molecular weight excluding hydrogens is 411 g/mol. The number of carbonyl (C=O) groups is 1. The van der Waals surface area contributed by atoms with Gasteiger partial charge in [-0.25, -0.2) is 4.90 Å². The van der Waals surface area contributed by atoms with E-state index in [0.29, 0.717) is 4.90 Å². The van der Waals surface area contributed by atoms with E-state index in [9.17, 15) is 44.3 Å². The largest absolute Gasteiger partial charge is 0.465 e. The fourth-order valence-corrected chi connectivity index (χ4v) is 3.27. The molecule has 0 bridgehead atoms. The zero-order chi connectivity index (χ0) is 21.1. The van der Waals surface area contributed by atoms with Crippen molar-refractivity contribution in [2.45, 2.75) is 43.3 Å². The maximum atomic E-state index is 13.8. The topological polar surface area (TPSA) is 41.6 Å². The van der Waals surface area contributed by atoms with Gasteiger partial charge >= 0.3 is 30.3 Å². The van der Waals surface area contributed by atoms with Gasteiger partial charge in [-0.3, -0.25) is 4.79 Å². The average Bonchev–Trinajstić information content (AvgIpc) is 3.09. The number of ether oxygens (including phenoxy) is 1. The van der Waals surface area contributed by atoms with E-state index in [1.165, 1.54) is 0 Å². The van der Waals surface area contributed by atoms with Crippen LogP contribution in [0.4, 0.5) is 45.2 Å². The highest BCUT2D eigenvalue weighted by Crippen LogP contribution is 2.47. The summed E-state index contributed by atoms with van der Waals surface area (Å²) < 4.78 is 123. The summed E-state index contributed by atoms with van der Waals surface area (Å²) in [5, 5.41) is 1.58. The number of alkyl halides is 9. The lowest BCUT2D eigenvalue weighted by Crippen LogP contribution is -2.62. The van der Waals surface area contributed by atoms with Crippen molar-refractivity contribution < 1.29 is 49.0 Å². The summed E-state index contributed by atoms with van der Waals surface area (Å²) in [6, 6.07) is -1.31. The third-order valence-electron chi connectivity index (χ3n) is 4.46. The van der Waals surface area contributed by atoms with Crippen LogP contribution >= 0.6 is 0 Å². The molecule has 1 unspecified atom stereocenters. The highest BCUT2D eigenvalue weighted by molar-refractivity contribution is 5.79. The van der Waals surface area contributed by atoms with Crippen molar-refractivity contribution >= 4 is 11.7 Å². The van der Waals surface area contributed by atoms with Crippen molar-refractivity contribution in [3.63, 3.8) is 0 Å². The first-order chi connectivity index (χ1) is 12.6. The normalized spacial score (nSPS) is 26.3. The van der Waals surface area contributed by atoms with Crippen LogP contribution in [0, 0.1) is 0 Å². The molecule has 2 atom stereocenters. The Morgan fingerprint density at radius 2 is 1.50 bits per heavy atom. The third-order valence-corrected chi connectivity index (χ3v) is 4.46. The quantitative estimate of drug-likeness (QED) is 0.568. The van der Waals surface area contributed by atoms with Crippen LogP contribution in [0.2, 0.25) is 0 Å². The molecule has 1 aromatic carbocycles. The van der Waals surface area contributed by atoms with E-state index < -0.39 is 53.2 Å². The average molecular weight is 422 g/mol. The molecule has 2 fully saturated rings. The third kappa shape index (κ3) is 3.35. The summed E-state index contributed by atoms with van der Waals surface area (Å²) in [6.45, 7) is -0.284. The lowest BCUT2D eigenvalue weighted by atomic mass is 10.1. The van der Waals surface area contributed by atoms with E-state index in [1.807, 2.05) is 0 Å². The number of carbonyl (C=O) groups excluding carboxylic acids is 1. The van der Waals surface area contributed by atoms with Crippen molar-refractivity contribution in [2.24, 2.45) is 0 Å². The monoisotopic (exact) mass is 422 g/mol. The Morgan fingerprint density at radius 1 is 0.964 bits per heavy atom. The predicted molar refractivity (Wildman–Crippen MR) is 74.7 cm³/mol. The number of hydrogen-bond acceptors (Lipinski definition) is 4. The van der Waals surface area contributed by atoms with Crippen molar-refractivity contribution in [3.05, 3.63) is 29.3 Å². The van der Waals surface area contributed by atoms with Crippen LogP contribution in [0.3, 0.4) is 0 Å². The summed E-state index contributed by atoms with van der Waals surface area (Å²) in [5.74, 6) is -4.82. The van der Waals surface area contributed by atoms with Crippen molar-refractivity contribution in [3.8, 4) is 0 Å². The van der Waals surface area contributed by atoms with Crippen LogP contribution in [-0.2, 0) is 21.9 Å². The zero-order valence-corrected chi connectivity index (χ0v) is 13.6. The van der Waals surface area contributed by atoms with Gasteiger partial charge in [0.25, 0.3) is 0 Å². The summed E-state index contributed by atoms with van der Waals surface area (Å²) >= 11 is 0. The Morgan fingerprint density at radius 3 is 1.96 bits per heavy atom. The molecular formula is C15H11F9N2O2. The van der Waals surface area contributed by atoms with E-state index in [1.54, 1.807) is 5.32 Å². The van der Waals surface area contributed by atoms with Gasteiger partial charge in [-0.05, 0) is 31.0 Å². The van der Waals surface area contributed by atoms with Gasteiger partial charge in [0, 0.05) is 12.2 Å². The molecule has 0 spiro atoms. The second kappa shape index (κ2) is 6.16. The van der Waals surface area contributed by atoms with Crippen LogP contribution in [0.5, 0.6) is 0 Å². The van der Waals surface area contributed by atoms with Crippen LogP contribution in [-0.4, -0.2) is 35.5 Å². The van der Waals surface area contributed by atoms with Gasteiger partial charge in [-0.2, -0.15) is 39.5 Å². The van der Waals surface area contributed by atoms with Gasteiger partial charge in [0.1, 0.15) is 6.04 Å². The number of benzene rings is 1. The second-order valence-electron chi connectivity index (χ2n) is 6.33. The molecule has 0 saturated carbocycles. The number of anilines is 1. The SMILES string of the molecule is O=C1OC(Nc2cc(C(F)(F)F)cc(C(F)(F)F)c2)(C(F)(F)F)N2CCC[C@H]12. The lowest BCUT2D eigenvalue weighted by Gasteiger charge is -2.37. The van der Waals surface area contributed by atoms with E-state index in [4.69, 9.17) is 0 Å². The molecule has 2 heterocycles. The summed E-state index contributed by atoms with van der Waals surface area (Å²) in [7, 11) is 0. The minimum absolute atomic E-state index is 0.0226. The highest BCUT2D eigenvalue weighted by Gasteiger charge is 2.70. The van der Waals surface area contributed by atoms with Crippen LogP contribution < -0.4 is 5.32 Å². The van der Waals surface area contributed by atoms with Gasteiger partial charge < -0.3 is 10.1 Å². The number of rotatable bonds is 2. The number of nitrogens with zero attached hydrogens (tertiary/aromatic N) is 1. The van der Waals surface area contributed by atoms with E-state index >= 15 is 0 Å². The van der Waals surface area contributed by atoms with Gasteiger partial charge in [0.05, 0.1) is 11.1 Å². The van der Waals surface area contributed by atoms with Crippen LogP contribution in [0.25, 0.3) is 0 Å². The molecule has 156 valence electrons. The highest BCUT2D eigenvalue weighted by atomic mass is 19.4. The lowest BCUT2D eigenvalue weighted by molar-refractivity contribution is -0.286. The minimum Gasteiger partial charge on any atom is -0.414 e. The van der Waals surface area contributed by atoms with Crippen molar-refractivity contribution in [1.29, 1.82) is 0 Å². The summed E-state index contributed by atoms with van der Waals surface area (Å²) in [6.07, 6.45) is -15.6. The molecule has 0 amide bonds. The first-order valence-corrected chi connectivity index (χ1v) is 7.79. The molecule has 1 N–H and O–H groups in total. The van der Waals surface area contributed by atoms with Crippen LogP contribution in [0.15, 0.2) is 18.2 Å². The fraction of sp³-hybridized carbons (Fsp3) is 0.533. The Balaban J connectivity index is 2.11. The first kappa shape index (κ1) is 20.6. The number of halogens is 9. The Kier molecular flexibility index (Phi) is 4.52. The van der Waals surface area contributed by atoms with Gasteiger partial charge in [-0.1, -0.05) is 0 Å². The standard InChI is InChI=1S/C15H11F9N2O2/c16-12(17,18)7-4-8(13(19,20)21)6-9(5-7)25-15(14(22,23)24)26-3-1-2-10(26)11(27)28-15/h4-6,10,25H,1-3H2/t10-,15?/m1/s1. The van der Waals surface area contributed by atoms with Crippen molar-refractivity contribution in [2.75, 3.05) is 11.9 Å². The molecule has 2 aliphatic heterocycles. The van der Waals surface area contributed by atoms with E-state index in [0.717, 1.165) is 0 Å². The Hall–Kier alpha value is -2.18. The molecule has 13 heteroatoms. The molecule has 0 aromatic heterocycles. The number of fused-ring (bicyclic) bond motifs is 1. The number of cyclic esters (lactones) is 1. The second-order valence-corrected chi connectivity index (χ2v) is 6.33. The van der Waals surface area contributed by atoms with Crippen LogP contribution in [0.1, 0.15) is 24.0 Å². The molecule has 4 nitrogen and oxygen atoms in total. The minimum atomic E-state index is -5.34. The van der Waals surface area contributed by atoms with Crippen molar-refractivity contribution in [1.82, 2.24) is 4.90 Å². The molecule has 0 aliphatic carbocycles. The van der Waals surface area contributed by atoms with Gasteiger partial charge in [0.2, 0.25) is 0 Å². The number of hydrogen-bond donors (Lipinski definition) is 1. The van der Waals surface area contributed by atoms with Gasteiger partial charge in [-0.15, -0.1) is 0 Å². The fourth-order valence-electron chi connectivity index (χ4n) is 3.27. The summed E-state index contributed by atoms with van der Waals surface area (Å²) in [5.41, 5.74) is -4.74. The first-order valence-electron chi connectivity index (χ1n) is 7.79. The van der Waals surface area contributed by atoms with Gasteiger partial charge in [0.15, 0.2) is 0 Å². The maximum Gasteiger partial charge on any atom is 0.465 e. The molecule has 1 aromatic rings. The maximum absolute atomic E-state index is 13.8. The summed E-state index contributed by atoms with van der Waals surface area (Å²) in [4.78, 5) is 12.4. The predicted octanol–water partition coefficient (Wildman–Crippen LogP) is 4.37.